The molecule has 2 N–H and O–H groups in total. The summed E-state index contributed by atoms with van der Waals surface area (Å²) in [6.45, 7) is 6.08. The van der Waals surface area contributed by atoms with Crippen molar-refractivity contribution < 1.29 is 4.79 Å². The van der Waals surface area contributed by atoms with E-state index < -0.39 is 5.92 Å². The number of hydrogen-bond acceptors (Lipinski definition) is 4. The molecule has 4 heteroatoms. The molecule has 1 atom stereocenters. The maximum atomic E-state index is 13.2. The Kier molecular flexibility index (Phi) is 4.76. The first-order chi connectivity index (χ1) is 13.9. The Morgan fingerprint density at radius 1 is 1.07 bits per heavy atom. The van der Waals surface area contributed by atoms with Gasteiger partial charge in [-0.1, -0.05) is 42.0 Å². The van der Waals surface area contributed by atoms with E-state index in [1.54, 1.807) is 0 Å². The van der Waals surface area contributed by atoms with Gasteiger partial charge in [-0.15, -0.1) is 0 Å². The zero-order valence-electron chi connectivity index (χ0n) is 17.1. The van der Waals surface area contributed by atoms with Gasteiger partial charge >= 0.3 is 0 Å². The van der Waals surface area contributed by atoms with Crippen molar-refractivity contribution in [1.29, 1.82) is 5.26 Å². The number of nitriles is 1. The lowest BCUT2D eigenvalue weighted by Gasteiger charge is -2.40. The summed E-state index contributed by atoms with van der Waals surface area (Å²) in [6.07, 6.45) is 2.09. The topological polar surface area (TPSA) is 70.1 Å². The lowest BCUT2D eigenvalue weighted by Crippen LogP contribution is -2.39. The summed E-state index contributed by atoms with van der Waals surface area (Å²) in [4.78, 5) is 15.1. The Bertz CT molecular complexity index is 1120. The fourth-order valence-electron chi connectivity index (χ4n) is 4.56. The van der Waals surface area contributed by atoms with Crippen molar-refractivity contribution in [2.75, 3.05) is 4.90 Å². The van der Waals surface area contributed by atoms with Gasteiger partial charge in [-0.2, -0.15) is 5.26 Å². The summed E-state index contributed by atoms with van der Waals surface area (Å²) in [5, 5.41) is 10.1. The van der Waals surface area contributed by atoms with Gasteiger partial charge in [0.05, 0.1) is 23.2 Å². The van der Waals surface area contributed by atoms with Crippen molar-refractivity contribution in [3.63, 3.8) is 0 Å². The van der Waals surface area contributed by atoms with Crippen LogP contribution in [0.4, 0.5) is 5.69 Å². The minimum absolute atomic E-state index is 0.121. The molecule has 2 aromatic rings. The third-order valence-electron chi connectivity index (χ3n) is 6.02. The molecule has 0 unspecified atom stereocenters. The zero-order chi connectivity index (χ0) is 20.7. The van der Waals surface area contributed by atoms with Crippen molar-refractivity contribution in [1.82, 2.24) is 0 Å². The van der Waals surface area contributed by atoms with E-state index in [1.165, 1.54) is 0 Å². The Morgan fingerprint density at radius 3 is 2.55 bits per heavy atom. The van der Waals surface area contributed by atoms with E-state index in [-0.39, 0.29) is 5.78 Å². The molecule has 4 nitrogen and oxygen atoms in total. The molecule has 2 aliphatic rings. The SMILES string of the molecule is Cc1ccc(C)c([C@@H]2C(C#N)=C(N)N(c3ccccc3C)C3=C2C(=O)CCC3)c1. The Hall–Kier alpha value is -3.32. The summed E-state index contributed by atoms with van der Waals surface area (Å²) in [6, 6.07) is 16.5. The quantitative estimate of drug-likeness (QED) is 0.799. The van der Waals surface area contributed by atoms with E-state index >= 15 is 0 Å². The smallest absolute Gasteiger partial charge is 0.161 e. The van der Waals surface area contributed by atoms with Crippen LogP contribution in [0.15, 0.2) is 65.1 Å². The Labute approximate surface area is 171 Å². The van der Waals surface area contributed by atoms with Crippen LogP contribution in [0, 0.1) is 32.1 Å². The Morgan fingerprint density at radius 2 is 1.83 bits per heavy atom. The molecule has 29 heavy (non-hydrogen) atoms. The van der Waals surface area contributed by atoms with Gasteiger partial charge in [-0.25, -0.2) is 0 Å². The second-order valence-electron chi connectivity index (χ2n) is 7.96. The average molecular weight is 383 g/mol. The normalized spacial score (nSPS) is 19.3. The maximum Gasteiger partial charge on any atom is 0.161 e. The third-order valence-corrected chi connectivity index (χ3v) is 6.02. The molecular weight excluding hydrogens is 358 g/mol. The molecule has 0 aromatic heterocycles. The number of ketones is 1. The van der Waals surface area contributed by atoms with Crippen molar-refractivity contribution in [3.8, 4) is 6.07 Å². The highest BCUT2D eigenvalue weighted by Gasteiger charge is 2.40. The lowest BCUT2D eigenvalue weighted by atomic mass is 9.74. The number of rotatable bonds is 2. The van der Waals surface area contributed by atoms with Crippen LogP contribution >= 0.6 is 0 Å². The molecule has 1 aliphatic heterocycles. The van der Waals surface area contributed by atoms with E-state index in [2.05, 4.69) is 24.3 Å². The second kappa shape index (κ2) is 7.25. The molecule has 1 heterocycles. The van der Waals surface area contributed by atoms with E-state index in [0.717, 1.165) is 52.1 Å². The van der Waals surface area contributed by atoms with Crippen molar-refractivity contribution in [2.45, 2.75) is 46.0 Å². The first-order valence-electron chi connectivity index (χ1n) is 10.0. The first-order valence-corrected chi connectivity index (χ1v) is 10.0. The van der Waals surface area contributed by atoms with Crippen molar-refractivity contribution in [2.24, 2.45) is 5.73 Å². The monoisotopic (exact) mass is 383 g/mol. The molecule has 0 bridgehead atoms. The predicted molar refractivity (Wildman–Crippen MR) is 115 cm³/mol. The summed E-state index contributed by atoms with van der Waals surface area (Å²) in [7, 11) is 0. The minimum atomic E-state index is -0.400. The second-order valence-corrected chi connectivity index (χ2v) is 7.96. The van der Waals surface area contributed by atoms with Gasteiger partial charge in [0, 0.05) is 17.7 Å². The van der Waals surface area contributed by atoms with Crippen molar-refractivity contribution >= 4 is 11.5 Å². The molecule has 0 fully saturated rings. The molecule has 0 amide bonds. The van der Waals surface area contributed by atoms with E-state index in [4.69, 9.17) is 5.73 Å². The van der Waals surface area contributed by atoms with Crippen LogP contribution in [0.5, 0.6) is 0 Å². The molecule has 0 saturated heterocycles. The van der Waals surface area contributed by atoms with Crippen LogP contribution in [0.2, 0.25) is 0 Å². The van der Waals surface area contributed by atoms with Crippen LogP contribution in [0.25, 0.3) is 0 Å². The van der Waals surface area contributed by atoms with Crippen molar-refractivity contribution in [3.05, 3.63) is 87.4 Å². The third kappa shape index (κ3) is 3.03. The number of nitrogens with two attached hydrogens (primary N) is 1. The molecular formula is C25H25N3O. The number of allylic oxidation sites excluding steroid dienone is 3. The van der Waals surface area contributed by atoms with Gasteiger partial charge in [0.15, 0.2) is 5.78 Å². The van der Waals surface area contributed by atoms with Gasteiger partial charge in [0.2, 0.25) is 0 Å². The van der Waals surface area contributed by atoms with Crippen LogP contribution < -0.4 is 10.6 Å². The fourth-order valence-corrected chi connectivity index (χ4v) is 4.56. The summed E-state index contributed by atoms with van der Waals surface area (Å²) < 4.78 is 0. The molecule has 1 aliphatic carbocycles. The van der Waals surface area contributed by atoms with E-state index in [1.807, 2.05) is 49.9 Å². The number of benzene rings is 2. The van der Waals surface area contributed by atoms with Crippen LogP contribution in [0.3, 0.4) is 0 Å². The number of carbonyl (C=O) groups is 1. The van der Waals surface area contributed by atoms with Crippen LogP contribution in [-0.4, -0.2) is 5.78 Å². The van der Waals surface area contributed by atoms with Gasteiger partial charge in [-0.05, 0) is 56.4 Å². The molecule has 0 saturated carbocycles. The highest BCUT2D eigenvalue weighted by Crippen LogP contribution is 2.47. The minimum Gasteiger partial charge on any atom is -0.384 e. The lowest BCUT2D eigenvalue weighted by molar-refractivity contribution is -0.116. The fraction of sp³-hybridized carbons (Fsp3) is 0.280. The highest BCUT2D eigenvalue weighted by molar-refractivity contribution is 6.01. The number of nitrogens with zero attached hydrogens (tertiary/aromatic N) is 2. The summed E-state index contributed by atoms with van der Waals surface area (Å²) in [5.41, 5.74) is 13.9. The number of anilines is 1. The maximum absolute atomic E-state index is 13.2. The number of aryl methyl sites for hydroxylation is 3. The molecule has 2 aromatic carbocycles. The predicted octanol–water partition coefficient (Wildman–Crippen LogP) is 4.92. The van der Waals surface area contributed by atoms with Gasteiger partial charge < -0.3 is 5.73 Å². The van der Waals surface area contributed by atoms with Gasteiger partial charge in [0.25, 0.3) is 0 Å². The molecule has 4 rings (SSSR count). The van der Waals surface area contributed by atoms with Gasteiger partial charge in [0.1, 0.15) is 5.82 Å². The number of Topliss-reactive ketones (excluding diaryl/α,β-unsaturated/α-hetero) is 1. The summed E-state index contributed by atoms with van der Waals surface area (Å²) >= 11 is 0. The molecule has 146 valence electrons. The number of hydrogen-bond donors (Lipinski definition) is 1. The number of carbonyl (C=O) groups excluding carboxylic acids is 1. The number of para-hydroxylation sites is 1. The largest absolute Gasteiger partial charge is 0.384 e. The van der Waals surface area contributed by atoms with Gasteiger partial charge in [-0.3, -0.25) is 9.69 Å². The average Bonchev–Trinajstić information content (AvgIpc) is 2.70. The summed E-state index contributed by atoms with van der Waals surface area (Å²) in [5.74, 6) is 0.153. The Balaban J connectivity index is 2.03. The molecule has 0 radical (unpaired) electrons. The van der Waals surface area contributed by atoms with E-state index in [9.17, 15) is 10.1 Å². The van der Waals surface area contributed by atoms with E-state index in [0.29, 0.717) is 17.8 Å². The first kappa shape index (κ1) is 19.0. The van der Waals surface area contributed by atoms with Crippen LogP contribution in [-0.2, 0) is 4.79 Å². The standard InChI is InChI=1S/C25H25N3O/c1-15-11-12-16(2)18(13-15)23-19(14-26)25(27)28(20-8-5-4-7-17(20)3)21-9-6-10-22(29)24(21)23/h4-5,7-8,11-13,23H,6,9-10,27H2,1-3H3/t23-/m1/s1. The highest BCUT2D eigenvalue weighted by atomic mass is 16.1. The zero-order valence-corrected chi connectivity index (χ0v) is 17.1. The van der Waals surface area contributed by atoms with Crippen LogP contribution in [0.1, 0.15) is 47.4 Å². The molecule has 0 spiro atoms.